The number of pyridine rings is 1. The van der Waals surface area contributed by atoms with Gasteiger partial charge in [0, 0.05) is 17.3 Å². The van der Waals surface area contributed by atoms with Gasteiger partial charge in [-0.25, -0.2) is 9.67 Å². The third kappa shape index (κ3) is 4.80. The minimum Gasteiger partial charge on any atom is -0.334 e. The molecular formula is C23H19BrCl2N6O2. The third-order valence-electron chi connectivity index (χ3n) is 5.63. The van der Waals surface area contributed by atoms with E-state index in [1.165, 1.54) is 23.0 Å². The summed E-state index contributed by atoms with van der Waals surface area (Å²) in [4.78, 5) is 30.7. The Bertz CT molecular complexity index is 1350. The first-order chi connectivity index (χ1) is 16.1. The van der Waals surface area contributed by atoms with E-state index in [1.807, 2.05) is 0 Å². The zero-order valence-corrected chi connectivity index (χ0v) is 21.3. The summed E-state index contributed by atoms with van der Waals surface area (Å²) in [5, 5.41) is 20.2. The summed E-state index contributed by atoms with van der Waals surface area (Å²) < 4.78 is 1.71. The normalized spacial score (nSPS) is 14.7. The molecule has 8 nitrogen and oxygen atoms in total. The lowest BCUT2D eigenvalue weighted by atomic mass is 9.96. The summed E-state index contributed by atoms with van der Waals surface area (Å²) in [6.07, 6.45) is 3.28. The fourth-order valence-corrected chi connectivity index (χ4v) is 4.51. The van der Waals surface area contributed by atoms with E-state index in [4.69, 9.17) is 23.2 Å². The van der Waals surface area contributed by atoms with Crippen LogP contribution < -0.4 is 10.6 Å². The molecule has 0 saturated heterocycles. The van der Waals surface area contributed by atoms with Crippen LogP contribution in [0.2, 0.25) is 10.0 Å². The van der Waals surface area contributed by atoms with Gasteiger partial charge in [0.1, 0.15) is 15.8 Å². The smallest absolute Gasteiger partial charge is 0.274 e. The van der Waals surface area contributed by atoms with Crippen LogP contribution in [-0.2, 0) is 0 Å². The highest BCUT2D eigenvalue weighted by Gasteiger charge is 2.43. The highest BCUT2D eigenvalue weighted by molar-refractivity contribution is 9.10. The SMILES string of the molecule is Cc1cc(Cl)cc(C(=O)NC(C)(C#N)C2CC2)c1NC(=O)c1cc(Br)nn1-c1ncccc1Cl. The van der Waals surface area contributed by atoms with E-state index >= 15 is 0 Å². The van der Waals surface area contributed by atoms with Crippen molar-refractivity contribution in [2.75, 3.05) is 5.32 Å². The van der Waals surface area contributed by atoms with Crippen molar-refractivity contribution < 1.29 is 9.59 Å². The van der Waals surface area contributed by atoms with Crippen LogP contribution in [0.4, 0.5) is 5.69 Å². The van der Waals surface area contributed by atoms with E-state index in [0.29, 0.717) is 20.2 Å². The first kappa shape index (κ1) is 24.2. The van der Waals surface area contributed by atoms with Crippen molar-refractivity contribution in [3.8, 4) is 11.9 Å². The molecule has 0 spiro atoms. The van der Waals surface area contributed by atoms with Gasteiger partial charge in [-0.15, -0.1) is 0 Å². The van der Waals surface area contributed by atoms with Crippen LogP contribution in [0.1, 0.15) is 46.2 Å². The zero-order valence-electron chi connectivity index (χ0n) is 18.2. The van der Waals surface area contributed by atoms with Gasteiger partial charge in [-0.1, -0.05) is 23.2 Å². The summed E-state index contributed by atoms with van der Waals surface area (Å²) in [7, 11) is 0. The molecule has 2 heterocycles. The number of hydrogen-bond acceptors (Lipinski definition) is 5. The quantitative estimate of drug-likeness (QED) is 0.423. The summed E-state index contributed by atoms with van der Waals surface area (Å²) in [5.74, 6) is -0.668. The number of benzene rings is 1. The maximum absolute atomic E-state index is 13.3. The molecule has 0 aliphatic heterocycles. The predicted octanol–water partition coefficient (Wildman–Crippen LogP) is 5.32. The minimum absolute atomic E-state index is 0.0922. The number of amides is 2. The number of halogens is 3. The Hall–Kier alpha value is -2.93. The molecule has 1 unspecified atom stereocenters. The Labute approximate surface area is 214 Å². The summed E-state index contributed by atoms with van der Waals surface area (Å²) in [6.45, 7) is 3.43. The highest BCUT2D eigenvalue weighted by atomic mass is 79.9. The molecule has 1 atom stereocenters. The van der Waals surface area contributed by atoms with Gasteiger partial charge in [-0.05, 0) is 78.4 Å². The first-order valence-electron chi connectivity index (χ1n) is 10.3. The van der Waals surface area contributed by atoms with Crippen LogP contribution in [-0.4, -0.2) is 32.1 Å². The Balaban J connectivity index is 1.69. The molecule has 2 amide bonds. The minimum atomic E-state index is -1.01. The number of nitrogens with zero attached hydrogens (tertiary/aromatic N) is 4. The first-order valence-corrected chi connectivity index (χ1v) is 11.9. The van der Waals surface area contributed by atoms with Crippen molar-refractivity contribution in [2.24, 2.45) is 5.92 Å². The fourth-order valence-electron chi connectivity index (χ4n) is 3.66. The van der Waals surface area contributed by atoms with Crippen molar-refractivity contribution in [1.29, 1.82) is 5.26 Å². The molecule has 1 saturated carbocycles. The topological polar surface area (TPSA) is 113 Å². The largest absolute Gasteiger partial charge is 0.334 e. The van der Waals surface area contributed by atoms with Crippen LogP contribution in [0.25, 0.3) is 5.82 Å². The number of nitriles is 1. The number of anilines is 1. The maximum Gasteiger partial charge on any atom is 0.274 e. The molecule has 2 aromatic heterocycles. The van der Waals surface area contributed by atoms with Crippen molar-refractivity contribution in [2.45, 2.75) is 32.2 Å². The van der Waals surface area contributed by atoms with Crippen LogP contribution in [0, 0.1) is 24.2 Å². The van der Waals surface area contributed by atoms with Gasteiger partial charge in [0.05, 0.1) is 22.3 Å². The van der Waals surface area contributed by atoms with Gasteiger partial charge in [-0.3, -0.25) is 9.59 Å². The molecule has 1 aliphatic rings. The summed E-state index contributed by atoms with van der Waals surface area (Å²) in [6, 6.07) is 10.1. The van der Waals surface area contributed by atoms with E-state index in [0.717, 1.165) is 12.8 Å². The number of nitrogens with one attached hydrogen (secondary N) is 2. The molecular weight excluding hydrogens is 543 g/mol. The maximum atomic E-state index is 13.3. The van der Waals surface area contributed by atoms with E-state index < -0.39 is 17.4 Å². The predicted molar refractivity (Wildman–Crippen MR) is 132 cm³/mol. The Morgan fingerprint density at radius 3 is 2.65 bits per heavy atom. The molecule has 1 fully saturated rings. The monoisotopic (exact) mass is 560 g/mol. The van der Waals surface area contributed by atoms with Crippen LogP contribution >= 0.6 is 39.1 Å². The van der Waals surface area contributed by atoms with Crippen LogP contribution in [0.15, 0.2) is 41.1 Å². The molecule has 34 heavy (non-hydrogen) atoms. The molecule has 0 radical (unpaired) electrons. The van der Waals surface area contributed by atoms with Crippen molar-refractivity contribution in [3.63, 3.8) is 0 Å². The van der Waals surface area contributed by atoms with Crippen molar-refractivity contribution in [3.05, 3.63) is 68.0 Å². The number of carbonyl (C=O) groups is 2. The van der Waals surface area contributed by atoms with Crippen LogP contribution in [0.3, 0.4) is 0 Å². The lowest BCUT2D eigenvalue weighted by molar-refractivity contribution is 0.0918. The van der Waals surface area contributed by atoms with Gasteiger partial charge in [0.15, 0.2) is 5.82 Å². The van der Waals surface area contributed by atoms with E-state index in [-0.39, 0.29) is 28.7 Å². The average Bonchev–Trinajstić information content (AvgIpc) is 3.58. The number of aryl methyl sites for hydroxylation is 1. The second-order valence-electron chi connectivity index (χ2n) is 8.21. The van der Waals surface area contributed by atoms with Crippen molar-refractivity contribution >= 4 is 56.6 Å². The number of carbonyl (C=O) groups excluding carboxylic acids is 2. The van der Waals surface area contributed by atoms with Gasteiger partial charge >= 0.3 is 0 Å². The van der Waals surface area contributed by atoms with E-state index in [2.05, 4.69) is 42.7 Å². The molecule has 1 aromatic carbocycles. The fraction of sp³-hybridized carbons (Fsp3) is 0.261. The Kier molecular flexibility index (Phi) is 6.67. The van der Waals surface area contributed by atoms with Gasteiger partial charge in [0.2, 0.25) is 0 Å². The molecule has 1 aliphatic carbocycles. The zero-order chi connectivity index (χ0) is 24.6. The molecule has 11 heteroatoms. The number of hydrogen-bond donors (Lipinski definition) is 2. The van der Waals surface area contributed by atoms with E-state index in [1.54, 1.807) is 32.0 Å². The Morgan fingerprint density at radius 1 is 1.26 bits per heavy atom. The van der Waals surface area contributed by atoms with Gasteiger partial charge in [0.25, 0.3) is 11.8 Å². The van der Waals surface area contributed by atoms with E-state index in [9.17, 15) is 14.9 Å². The molecule has 174 valence electrons. The standard InChI is InChI=1S/C23H19BrCl2N6O2/c1-12-8-14(25)9-15(21(33)30-23(2,11-27)13-5-6-13)19(12)29-22(34)17-10-18(24)31-32(17)20-16(26)4-3-7-28-20/h3-4,7-10,13H,5-6H2,1-2H3,(H,29,34)(H,30,33). The number of aromatic nitrogens is 3. The third-order valence-corrected chi connectivity index (χ3v) is 6.54. The van der Waals surface area contributed by atoms with Gasteiger partial charge in [-0.2, -0.15) is 10.4 Å². The van der Waals surface area contributed by atoms with Gasteiger partial charge < -0.3 is 10.6 Å². The molecule has 0 bridgehead atoms. The highest BCUT2D eigenvalue weighted by Crippen LogP contribution is 2.39. The van der Waals surface area contributed by atoms with Crippen LogP contribution in [0.5, 0.6) is 0 Å². The second-order valence-corrected chi connectivity index (χ2v) is 9.87. The Morgan fingerprint density at radius 2 is 2.00 bits per heavy atom. The summed E-state index contributed by atoms with van der Waals surface area (Å²) in [5.41, 5.74) is 0.152. The molecule has 2 N–H and O–H groups in total. The van der Waals surface area contributed by atoms with Crippen molar-refractivity contribution in [1.82, 2.24) is 20.1 Å². The average molecular weight is 562 g/mol. The summed E-state index contributed by atoms with van der Waals surface area (Å²) >= 11 is 15.8. The second kappa shape index (κ2) is 9.37. The number of rotatable bonds is 6. The lowest BCUT2D eigenvalue weighted by Crippen LogP contribution is -2.47. The lowest BCUT2D eigenvalue weighted by Gasteiger charge is -2.24. The molecule has 3 aromatic rings. The molecule has 4 rings (SSSR count).